The lowest BCUT2D eigenvalue weighted by molar-refractivity contribution is 0.0793. The van der Waals surface area contributed by atoms with Crippen LogP contribution in [0.3, 0.4) is 0 Å². The molecule has 0 aromatic heterocycles. The van der Waals surface area contributed by atoms with Crippen molar-refractivity contribution >= 4 is 0 Å². The number of piperazine rings is 1. The molecule has 114 valence electrons. The molecule has 1 aliphatic heterocycles. The minimum Gasteiger partial charge on any atom is -0.311 e. The summed E-state index contributed by atoms with van der Waals surface area (Å²) in [7, 11) is 0. The van der Waals surface area contributed by atoms with Crippen molar-refractivity contribution in [2.24, 2.45) is 5.41 Å². The van der Waals surface area contributed by atoms with Crippen molar-refractivity contribution in [3.05, 3.63) is 0 Å². The zero-order chi connectivity index (χ0) is 14.3. The van der Waals surface area contributed by atoms with E-state index in [0.717, 1.165) is 6.04 Å². The van der Waals surface area contributed by atoms with Gasteiger partial charge in [0, 0.05) is 25.2 Å². The molecule has 2 heteroatoms. The maximum atomic E-state index is 3.78. The summed E-state index contributed by atoms with van der Waals surface area (Å²) in [5.74, 6) is 0. The maximum Gasteiger partial charge on any atom is 0.0244 e. The van der Waals surface area contributed by atoms with Gasteiger partial charge in [-0.3, -0.25) is 4.90 Å². The van der Waals surface area contributed by atoms with Gasteiger partial charge in [0.05, 0.1) is 0 Å². The largest absolute Gasteiger partial charge is 0.311 e. The molecule has 1 aliphatic rings. The van der Waals surface area contributed by atoms with Crippen LogP contribution in [0.15, 0.2) is 0 Å². The fraction of sp³-hybridized carbons (Fsp3) is 1.00. The Bertz CT molecular complexity index is 232. The lowest BCUT2D eigenvalue weighted by atomic mass is 9.84. The van der Waals surface area contributed by atoms with Crippen LogP contribution in [-0.2, 0) is 0 Å². The predicted molar refractivity (Wildman–Crippen MR) is 85.7 cm³/mol. The summed E-state index contributed by atoms with van der Waals surface area (Å²) in [6, 6.07) is 1.41. The molecule has 1 saturated heterocycles. The Morgan fingerprint density at radius 3 is 2.37 bits per heavy atom. The van der Waals surface area contributed by atoms with E-state index in [1.807, 2.05) is 0 Å². The molecule has 0 aromatic carbocycles. The van der Waals surface area contributed by atoms with Crippen molar-refractivity contribution < 1.29 is 0 Å². The summed E-state index contributed by atoms with van der Waals surface area (Å²) in [6.45, 7) is 15.4. The number of unbranched alkanes of at least 4 members (excludes halogenated alkanes) is 3. The normalized spacial score (nSPS) is 25.7. The molecule has 2 unspecified atom stereocenters. The van der Waals surface area contributed by atoms with Gasteiger partial charge in [0.15, 0.2) is 0 Å². The average molecular weight is 268 g/mol. The Morgan fingerprint density at radius 2 is 1.79 bits per heavy atom. The molecule has 1 N–H and O–H groups in total. The highest BCUT2D eigenvalue weighted by Crippen LogP contribution is 2.25. The molecule has 0 aromatic rings. The molecule has 2 atom stereocenters. The van der Waals surface area contributed by atoms with Crippen LogP contribution in [0.25, 0.3) is 0 Å². The molecule has 19 heavy (non-hydrogen) atoms. The molecule has 1 rings (SSSR count). The van der Waals surface area contributed by atoms with Gasteiger partial charge in [0.1, 0.15) is 0 Å². The van der Waals surface area contributed by atoms with Gasteiger partial charge in [0.25, 0.3) is 0 Å². The minimum absolute atomic E-state index is 0.374. The highest BCUT2D eigenvalue weighted by molar-refractivity contribution is 4.91. The van der Waals surface area contributed by atoms with Crippen molar-refractivity contribution in [2.75, 3.05) is 19.6 Å². The van der Waals surface area contributed by atoms with Crippen molar-refractivity contribution in [1.29, 1.82) is 0 Å². The number of nitrogens with zero attached hydrogens (tertiary/aromatic N) is 1. The standard InChI is InChI=1S/C17H36N2/c1-6-8-9-10-12-19-14-16(17(3,4)5)18-13-15(19)11-7-2/h15-16,18H,6-14H2,1-5H3. The molecule has 1 fully saturated rings. The van der Waals surface area contributed by atoms with E-state index in [-0.39, 0.29) is 0 Å². The zero-order valence-corrected chi connectivity index (χ0v) is 14.0. The van der Waals surface area contributed by atoms with Crippen LogP contribution in [0.2, 0.25) is 0 Å². The first-order chi connectivity index (χ1) is 8.99. The fourth-order valence-corrected chi connectivity index (χ4v) is 3.07. The van der Waals surface area contributed by atoms with Crippen molar-refractivity contribution in [3.63, 3.8) is 0 Å². The van der Waals surface area contributed by atoms with E-state index in [1.165, 1.54) is 58.2 Å². The first-order valence-electron chi connectivity index (χ1n) is 8.46. The minimum atomic E-state index is 0.374. The van der Waals surface area contributed by atoms with Crippen LogP contribution in [0.4, 0.5) is 0 Å². The monoisotopic (exact) mass is 268 g/mol. The summed E-state index contributed by atoms with van der Waals surface area (Å²) in [4.78, 5) is 2.77. The van der Waals surface area contributed by atoms with E-state index in [4.69, 9.17) is 0 Å². The summed E-state index contributed by atoms with van der Waals surface area (Å²) < 4.78 is 0. The lowest BCUT2D eigenvalue weighted by Crippen LogP contribution is -2.60. The van der Waals surface area contributed by atoms with Crippen LogP contribution in [0, 0.1) is 5.41 Å². The number of nitrogens with one attached hydrogen (secondary N) is 1. The van der Waals surface area contributed by atoms with E-state index in [2.05, 4.69) is 44.8 Å². The Balaban J connectivity index is 2.48. The van der Waals surface area contributed by atoms with Gasteiger partial charge in [-0.15, -0.1) is 0 Å². The Morgan fingerprint density at radius 1 is 1.05 bits per heavy atom. The number of rotatable bonds is 7. The van der Waals surface area contributed by atoms with E-state index >= 15 is 0 Å². The van der Waals surface area contributed by atoms with Gasteiger partial charge >= 0.3 is 0 Å². The van der Waals surface area contributed by atoms with E-state index in [0.29, 0.717) is 11.5 Å². The Labute approximate surface area is 121 Å². The van der Waals surface area contributed by atoms with Gasteiger partial charge < -0.3 is 5.32 Å². The lowest BCUT2D eigenvalue weighted by Gasteiger charge is -2.45. The van der Waals surface area contributed by atoms with Crippen LogP contribution < -0.4 is 5.32 Å². The third kappa shape index (κ3) is 5.83. The summed E-state index contributed by atoms with van der Waals surface area (Å²) in [6.07, 6.45) is 8.16. The number of hydrogen-bond donors (Lipinski definition) is 1. The molecule has 0 spiro atoms. The molecular weight excluding hydrogens is 232 g/mol. The molecule has 0 radical (unpaired) electrons. The second-order valence-electron chi connectivity index (χ2n) is 7.32. The topological polar surface area (TPSA) is 15.3 Å². The highest BCUT2D eigenvalue weighted by atomic mass is 15.2. The van der Waals surface area contributed by atoms with Crippen LogP contribution >= 0.6 is 0 Å². The summed E-state index contributed by atoms with van der Waals surface area (Å²) in [5.41, 5.74) is 0.374. The Hall–Kier alpha value is -0.0800. The van der Waals surface area contributed by atoms with Gasteiger partial charge in [-0.25, -0.2) is 0 Å². The third-order valence-corrected chi connectivity index (χ3v) is 4.50. The van der Waals surface area contributed by atoms with Crippen molar-refractivity contribution in [3.8, 4) is 0 Å². The van der Waals surface area contributed by atoms with E-state index in [1.54, 1.807) is 0 Å². The van der Waals surface area contributed by atoms with Gasteiger partial charge in [-0.1, -0.05) is 60.3 Å². The highest BCUT2D eigenvalue weighted by Gasteiger charge is 2.33. The average Bonchev–Trinajstić information content (AvgIpc) is 2.35. The predicted octanol–water partition coefficient (Wildman–Crippen LogP) is 4.06. The van der Waals surface area contributed by atoms with Crippen LogP contribution in [-0.4, -0.2) is 36.6 Å². The number of hydrogen-bond acceptors (Lipinski definition) is 2. The molecule has 0 saturated carbocycles. The molecule has 0 bridgehead atoms. The maximum absolute atomic E-state index is 3.78. The first kappa shape index (κ1) is 17.0. The fourth-order valence-electron chi connectivity index (χ4n) is 3.07. The molecule has 2 nitrogen and oxygen atoms in total. The van der Waals surface area contributed by atoms with Crippen molar-refractivity contribution in [1.82, 2.24) is 10.2 Å². The summed E-state index contributed by atoms with van der Waals surface area (Å²) >= 11 is 0. The van der Waals surface area contributed by atoms with Gasteiger partial charge in [0.2, 0.25) is 0 Å². The molecule has 0 amide bonds. The van der Waals surface area contributed by atoms with E-state index in [9.17, 15) is 0 Å². The SMILES string of the molecule is CCCCCCN1CC(C(C)(C)C)NCC1CCC. The summed E-state index contributed by atoms with van der Waals surface area (Å²) in [5, 5.41) is 3.78. The zero-order valence-electron chi connectivity index (χ0n) is 14.0. The molecule has 0 aliphatic carbocycles. The molecule has 1 heterocycles. The quantitative estimate of drug-likeness (QED) is 0.701. The van der Waals surface area contributed by atoms with Crippen LogP contribution in [0.1, 0.15) is 73.1 Å². The van der Waals surface area contributed by atoms with Crippen LogP contribution in [0.5, 0.6) is 0 Å². The van der Waals surface area contributed by atoms with Crippen molar-refractivity contribution in [2.45, 2.75) is 85.2 Å². The molecular formula is C17H36N2. The third-order valence-electron chi connectivity index (χ3n) is 4.50. The van der Waals surface area contributed by atoms with E-state index < -0.39 is 0 Å². The smallest absolute Gasteiger partial charge is 0.0244 e. The van der Waals surface area contributed by atoms with Gasteiger partial charge in [-0.2, -0.15) is 0 Å². The first-order valence-corrected chi connectivity index (χ1v) is 8.46. The second kappa shape index (κ2) is 8.26. The second-order valence-corrected chi connectivity index (χ2v) is 7.32. The Kier molecular flexibility index (Phi) is 7.38. The van der Waals surface area contributed by atoms with Gasteiger partial charge in [-0.05, 0) is 24.8 Å².